The van der Waals surface area contributed by atoms with Gasteiger partial charge < -0.3 is 0 Å². The first-order valence-corrected chi connectivity index (χ1v) is 4.73. The van der Waals surface area contributed by atoms with Gasteiger partial charge in [-0.3, -0.25) is 0 Å². The van der Waals surface area contributed by atoms with Crippen molar-refractivity contribution in [1.29, 1.82) is 5.26 Å². The van der Waals surface area contributed by atoms with Gasteiger partial charge in [0, 0.05) is 0 Å². The summed E-state index contributed by atoms with van der Waals surface area (Å²) in [5.74, 6) is 0. The zero-order valence-electron chi connectivity index (χ0n) is 6.77. The van der Waals surface area contributed by atoms with Crippen molar-refractivity contribution >= 4 is 27.5 Å². The minimum atomic E-state index is -2.72. The molecule has 14 heavy (non-hydrogen) atoms. The maximum atomic E-state index is 12.5. The number of hydrogen-bond acceptors (Lipinski definition) is 2. The van der Waals surface area contributed by atoms with Gasteiger partial charge in [0.2, 0.25) is 0 Å². The van der Waals surface area contributed by atoms with Gasteiger partial charge in [0.05, 0.1) is 18.1 Å². The van der Waals surface area contributed by atoms with Crippen molar-refractivity contribution in [1.82, 2.24) is 4.98 Å². The van der Waals surface area contributed by atoms with Crippen molar-refractivity contribution in [3.8, 4) is 6.07 Å². The average molecular weight is 281 g/mol. The summed E-state index contributed by atoms with van der Waals surface area (Å²) >= 11 is 8.55. The molecule has 0 fully saturated rings. The second-order valence-electron chi connectivity index (χ2n) is 2.44. The average Bonchev–Trinajstić information content (AvgIpc) is 2.01. The Morgan fingerprint density at radius 1 is 1.64 bits per heavy atom. The number of hydrogen-bond donors (Lipinski definition) is 0. The fourth-order valence-corrected chi connectivity index (χ4v) is 1.85. The van der Waals surface area contributed by atoms with Gasteiger partial charge in [-0.1, -0.05) is 11.6 Å². The smallest absolute Gasteiger partial charge is 0.229 e. The van der Waals surface area contributed by atoms with Crippen LogP contribution in [0.25, 0.3) is 0 Å². The van der Waals surface area contributed by atoms with Crippen molar-refractivity contribution in [2.45, 2.75) is 12.8 Å². The van der Waals surface area contributed by atoms with E-state index in [1.54, 1.807) is 6.07 Å². The van der Waals surface area contributed by atoms with E-state index in [1.807, 2.05) is 0 Å². The first-order valence-electron chi connectivity index (χ1n) is 3.56. The van der Waals surface area contributed by atoms with Crippen molar-refractivity contribution in [2.24, 2.45) is 0 Å². The van der Waals surface area contributed by atoms with E-state index >= 15 is 0 Å². The van der Waals surface area contributed by atoms with Crippen LogP contribution in [-0.2, 0) is 6.42 Å². The molecule has 0 saturated carbocycles. The summed E-state index contributed by atoms with van der Waals surface area (Å²) in [5, 5.41) is 8.17. The maximum absolute atomic E-state index is 12.5. The molecule has 0 aliphatic carbocycles. The third-order valence-electron chi connectivity index (χ3n) is 1.55. The second kappa shape index (κ2) is 4.67. The predicted octanol–water partition coefficient (Wildman–Crippen LogP) is 3.50. The number of aromatic nitrogens is 1. The van der Waals surface area contributed by atoms with Crippen LogP contribution in [0, 0.1) is 11.3 Å². The quantitative estimate of drug-likeness (QED) is 0.778. The van der Waals surface area contributed by atoms with Gasteiger partial charge >= 0.3 is 0 Å². The van der Waals surface area contributed by atoms with E-state index in [0.717, 1.165) is 0 Å². The SMILES string of the molecule is N#CCc1cc(Br)nc(Cl)c1C(F)F. The molecule has 74 valence electrons. The van der Waals surface area contributed by atoms with Crippen LogP contribution in [0.1, 0.15) is 17.6 Å². The molecule has 0 radical (unpaired) electrons. The van der Waals surface area contributed by atoms with E-state index in [4.69, 9.17) is 16.9 Å². The second-order valence-corrected chi connectivity index (χ2v) is 3.61. The van der Waals surface area contributed by atoms with E-state index in [-0.39, 0.29) is 22.7 Å². The van der Waals surface area contributed by atoms with Gasteiger partial charge in [-0.05, 0) is 27.6 Å². The zero-order valence-corrected chi connectivity index (χ0v) is 9.11. The first-order chi connectivity index (χ1) is 6.56. The lowest BCUT2D eigenvalue weighted by Crippen LogP contribution is -1.98. The van der Waals surface area contributed by atoms with E-state index in [0.29, 0.717) is 4.60 Å². The summed E-state index contributed by atoms with van der Waals surface area (Å²) in [5.41, 5.74) is -0.161. The highest BCUT2D eigenvalue weighted by Gasteiger charge is 2.18. The molecule has 0 atom stereocenters. The lowest BCUT2D eigenvalue weighted by atomic mass is 10.1. The van der Waals surface area contributed by atoms with Crippen molar-refractivity contribution < 1.29 is 8.78 Å². The molecule has 1 rings (SSSR count). The Morgan fingerprint density at radius 3 is 2.79 bits per heavy atom. The Morgan fingerprint density at radius 2 is 2.29 bits per heavy atom. The lowest BCUT2D eigenvalue weighted by Gasteiger charge is -2.07. The van der Waals surface area contributed by atoms with Gasteiger partial charge in [-0.25, -0.2) is 13.8 Å². The van der Waals surface area contributed by atoms with Crippen LogP contribution in [0.15, 0.2) is 10.7 Å². The van der Waals surface area contributed by atoms with E-state index < -0.39 is 6.43 Å². The summed E-state index contributed by atoms with van der Waals surface area (Å²) in [6.45, 7) is 0. The molecule has 0 N–H and O–H groups in total. The number of rotatable bonds is 2. The van der Waals surface area contributed by atoms with Crippen LogP contribution in [0.5, 0.6) is 0 Å². The third kappa shape index (κ3) is 2.40. The van der Waals surface area contributed by atoms with E-state index in [2.05, 4.69) is 20.9 Å². The van der Waals surface area contributed by atoms with Gasteiger partial charge in [0.15, 0.2) is 0 Å². The molecule has 2 nitrogen and oxygen atoms in total. The first kappa shape index (κ1) is 11.3. The summed E-state index contributed by atoms with van der Waals surface area (Å²) in [4.78, 5) is 3.63. The third-order valence-corrected chi connectivity index (χ3v) is 2.25. The largest absolute Gasteiger partial charge is 0.267 e. The molecule has 6 heteroatoms. The topological polar surface area (TPSA) is 36.7 Å². The molecule has 0 aliphatic heterocycles. The molecule has 0 saturated heterocycles. The van der Waals surface area contributed by atoms with Gasteiger partial charge in [-0.15, -0.1) is 0 Å². The molecule has 0 aromatic carbocycles. The highest BCUT2D eigenvalue weighted by atomic mass is 79.9. The Kier molecular flexibility index (Phi) is 3.78. The molecular formula is C8H4BrClF2N2. The number of alkyl halides is 2. The molecule has 1 heterocycles. The number of halogens is 4. The molecular weight excluding hydrogens is 277 g/mol. The summed E-state index contributed by atoms with van der Waals surface area (Å²) in [6.07, 6.45) is -2.83. The standard InChI is InChI=1S/C8H4BrClF2N2/c9-5-3-4(1-2-13)6(8(11)12)7(10)14-5/h3,8H,1H2. The fraction of sp³-hybridized carbons (Fsp3) is 0.250. The summed E-state index contributed by atoms with van der Waals surface area (Å²) in [7, 11) is 0. The molecule has 0 unspecified atom stereocenters. The number of nitrogens with zero attached hydrogens (tertiary/aromatic N) is 2. The highest BCUT2D eigenvalue weighted by Crippen LogP contribution is 2.31. The Hall–Kier alpha value is -0.730. The Bertz CT molecular complexity index is 390. The van der Waals surface area contributed by atoms with Gasteiger partial charge in [0.25, 0.3) is 6.43 Å². The van der Waals surface area contributed by atoms with Crippen LogP contribution < -0.4 is 0 Å². The molecule has 1 aromatic rings. The Labute approximate surface area is 92.6 Å². The minimum absolute atomic E-state index is 0.111. The van der Waals surface area contributed by atoms with E-state index in [1.165, 1.54) is 6.07 Å². The van der Waals surface area contributed by atoms with Crippen molar-refractivity contribution in [2.75, 3.05) is 0 Å². The maximum Gasteiger partial charge on any atom is 0.267 e. The normalized spacial score (nSPS) is 10.3. The van der Waals surface area contributed by atoms with Crippen LogP contribution >= 0.6 is 27.5 Å². The number of pyridine rings is 1. The van der Waals surface area contributed by atoms with E-state index in [9.17, 15) is 8.78 Å². The van der Waals surface area contributed by atoms with Crippen molar-refractivity contribution in [3.05, 3.63) is 26.9 Å². The molecule has 0 spiro atoms. The monoisotopic (exact) mass is 280 g/mol. The lowest BCUT2D eigenvalue weighted by molar-refractivity contribution is 0.150. The van der Waals surface area contributed by atoms with Crippen molar-refractivity contribution in [3.63, 3.8) is 0 Å². The van der Waals surface area contributed by atoms with Gasteiger partial charge in [0.1, 0.15) is 9.76 Å². The summed E-state index contributed by atoms with van der Waals surface area (Å²) < 4.78 is 25.3. The zero-order chi connectivity index (χ0) is 10.7. The fourth-order valence-electron chi connectivity index (χ4n) is 1.00. The van der Waals surface area contributed by atoms with Crippen LogP contribution in [0.2, 0.25) is 5.15 Å². The molecule has 0 bridgehead atoms. The van der Waals surface area contributed by atoms with Crippen LogP contribution in [0.4, 0.5) is 8.78 Å². The predicted molar refractivity (Wildman–Crippen MR) is 51.2 cm³/mol. The molecule has 1 aromatic heterocycles. The number of nitriles is 1. The van der Waals surface area contributed by atoms with Gasteiger partial charge in [-0.2, -0.15) is 5.26 Å². The van der Waals surface area contributed by atoms with Crippen LogP contribution in [0.3, 0.4) is 0 Å². The molecule has 0 amide bonds. The highest BCUT2D eigenvalue weighted by molar-refractivity contribution is 9.10. The van der Waals surface area contributed by atoms with Crippen LogP contribution in [-0.4, -0.2) is 4.98 Å². The Balaban J connectivity index is 3.30. The minimum Gasteiger partial charge on any atom is -0.229 e. The molecule has 0 aliphatic rings. The summed E-state index contributed by atoms with van der Waals surface area (Å²) in [6, 6.07) is 3.16.